The monoisotopic (exact) mass is 316 g/mol. The van der Waals surface area contributed by atoms with Gasteiger partial charge in [0.05, 0.1) is 16.7 Å². The second-order valence-corrected chi connectivity index (χ2v) is 5.25. The van der Waals surface area contributed by atoms with Crippen LogP contribution in [0.2, 0.25) is 0 Å². The predicted octanol–water partition coefficient (Wildman–Crippen LogP) is 3.85. The van der Waals surface area contributed by atoms with Crippen LogP contribution in [0.3, 0.4) is 0 Å². The van der Waals surface area contributed by atoms with Crippen LogP contribution in [0.1, 0.15) is 16.9 Å². The molecule has 0 atom stereocenters. The minimum atomic E-state index is -4.60. The van der Waals surface area contributed by atoms with Gasteiger partial charge in [-0.3, -0.25) is 0 Å². The Morgan fingerprint density at radius 3 is 2.57 bits per heavy atom. The Balaban J connectivity index is 2.45. The van der Waals surface area contributed by atoms with E-state index < -0.39 is 17.6 Å². The van der Waals surface area contributed by atoms with E-state index in [1.807, 2.05) is 0 Å². The fourth-order valence-corrected chi connectivity index (χ4v) is 2.59. The van der Waals surface area contributed by atoms with Gasteiger partial charge in [-0.25, -0.2) is 0 Å². The summed E-state index contributed by atoms with van der Waals surface area (Å²) in [5.74, 6) is 0.0347. The van der Waals surface area contributed by atoms with Crippen molar-refractivity contribution < 1.29 is 22.8 Å². The molecule has 0 saturated carbocycles. The molecular formula is C13H11F3N2O2S. The molecule has 0 amide bonds. The van der Waals surface area contributed by atoms with Gasteiger partial charge in [-0.15, -0.1) is 0 Å². The Bertz CT molecular complexity index is 680. The lowest BCUT2D eigenvalue weighted by molar-refractivity contribution is -0.137. The van der Waals surface area contributed by atoms with Gasteiger partial charge in [0.1, 0.15) is 5.76 Å². The molecular weight excluding hydrogens is 305 g/mol. The highest BCUT2D eigenvalue weighted by molar-refractivity contribution is 7.99. The highest BCUT2D eigenvalue weighted by atomic mass is 32.2. The van der Waals surface area contributed by atoms with Crippen LogP contribution in [0.15, 0.2) is 49.9 Å². The number of nitrogens with zero attached hydrogens (tertiary/aromatic N) is 1. The first-order chi connectivity index (χ1) is 9.82. The molecule has 0 spiro atoms. The van der Waals surface area contributed by atoms with Crippen molar-refractivity contribution >= 4 is 17.6 Å². The molecule has 0 aliphatic rings. The van der Waals surface area contributed by atoms with Crippen molar-refractivity contribution in [3.63, 3.8) is 0 Å². The van der Waals surface area contributed by atoms with E-state index in [1.165, 1.54) is 18.4 Å². The topological polar surface area (TPSA) is 71.8 Å². The molecule has 0 bridgehead atoms. The summed E-state index contributed by atoms with van der Waals surface area (Å²) in [6.07, 6.45) is -3.14. The van der Waals surface area contributed by atoms with Gasteiger partial charge in [-0.05, 0) is 31.2 Å². The first-order valence-corrected chi connectivity index (χ1v) is 6.55. The minimum absolute atomic E-state index is 0.363. The average Bonchev–Trinajstić information content (AvgIpc) is 2.82. The number of aryl methyl sites for hydroxylation is 1. The van der Waals surface area contributed by atoms with E-state index >= 15 is 0 Å². The molecule has 4 nitrogen and oxygen atoms in total. The maximum atomic E-state index is 13.1. The van der Waals surface area contributed by atoms with E-state index in [1.54, 1.807) is 13.0 Å². The van der Waals surface area contributed by atoms with Crippen molar-refractivity contribution in [2.75, 3.05) is 0 Å². The molecule has 2 rings (SSSR count). The summed E-state index contributed by atoms with van der Waals surface area (Å²) in [7, 11) is 0. The normalized spacial score (nSPS) is 12.7. The summed E-state index contributed by atoms with van der Waals surface area (Å²) in [5, 5.41) is 11.2. The van der Waals surface area contributed by atoms with Gasteiger partial charge in [0.25, 0.3) is 0 Å². The largest absolute Gasteiger partial charge is 0.468 e. The van der Waals surface area contributed by atoms with E-state index in [2.05, 4.69) is 5.16 Å². The van der Waals surface area contributed by atoms with Gasteiger partial charge < -0.3 is 15.4 Å². The molecule has 1 aromatic heterocycles. The van der Waals surface area contributed by atoms with Gasteiger partial charge >= 0.3 is 6.18 Å². The van der Waals surface area contributed by atoms with Crippen LogP contribution in [0.4, 0.5) is 13.2 Å². The molecule has 21 heavy (non-hydrogen) atoms. The van der Waals surface area contributed by atoms with Gasteiger partial charge in [-0.1, -0.05) is 16.9 Å². The number of nitrogens with two attached hydrogens (primary N) is 1. The number of hydrogen-bond acceptors (Lipinski definition) is 4. The molecule has 112 valence electrons. The van der Waals surface area contributed by atoms with Crippen LogP contribution < -0.4 is 5.73 Å². The number of rotatable bonds is 3. The summed E-state index contributed by atoms with van der Waals surface area (Å²) >= 11 is 1.14. The third-order valence-corrected chi connectivity index (χ3v) is 3.85. The number of amidine groups is 1. The van der Waals surface area contributed by atoms with Crippen LogP contribution in [-0.4, -0.2) is 11.0 Å². The van der Waals surface area contributed by atoms with Crippen molar-refractivity contribution in [1.29, 1.82) is 0 Å². The van der Waals surface area contributed by atoms with Crippen molar-refractivity contribution in [3.05, 3.63) is 47.4 Å². The van der Waals surface area contributed by atoms with Crippen molar-refractivity contribution in [2.45, 2.75) is 22.9 Å². The lowest BCUT2D eigenvalue weighted by atomic mass is 10.1. The number of oxime groups is 1. The highest BCUT2D eigenvalue weighted by Crippen LogP contribution is 2.37. The van der Waals surface area contributed by atoms with E-state index in [-0.39, 0.29) is 5.56 Å². The zero-order valence-electron chi connectivity index (χ0n) is 10.8. The Morgan fingerprint density at radius 1 is 1.33 bits per heavy atom. The van der Waals surface area contributed by atoms with Gasteiger partial charge in [-0.2, -0.15) is 13.2 Å². The fraction of sp³-hybridized carbons (Fsp3) is 0.154. The average molecular weight is 316 g/mol. The maximum Gasteiger partial charge on any atom is 0.417 e. The lowest BCUT2D eigenvalue weighted by Crippen LogP contribution is -2.20. The van der Waals surface area contributed by atoms with Gasteiger partial charge in [0.15, 0.2) is 5.84 Å². The second kappa shape index (κ2) is 5.72. The number of hydrogen-bond donors (Lipinski definition) is 2. The number of furan rings is 1. The van der Waals surface area contributed by atoms with E-state index in [9.17, 15) is 13.2 Å². The maximum absolute atomic E-state index is 13.1. The molecule has 2 aromatic rings. The quantitative estimate of drug-likeness (QED) is 0.390. The zero-order valence-corrected chi connectivity index (χ0v) is 11.6. The molecule has 0 saturated heterocycles. The molecule has 0 unspecified atom stereocenters. The van der Waals surface area contributed by atoms with E-state index in [4.69, 9.17) is 15.4 Å². The van der Waals surface area contributed by atoms with Gasteiger partial charge in [0.2, 0.25) is 0 Å². The number of alkyl halides is 3. The summed E-state index contributed by atoms with van der Waals surface area (Å²) < 4.78 is 44.3. The van der Waals surface area contributed by atoms with E-state index in [0.717, 1.165) is 22.7 Å². The van der Waals surface area contributed by atoms with Crippen LogP contribution in [0, 0.1) is 6.92 Å². The minimum Gasteiger partial charge on any atom is -0.468 e. The predicted molar refractivity (Wildman–Crippen MR) is 71.5 cm³/mol. The summed E-state index contributed by atoms with van der Waals surface area (Å²) in [5.41, 5.74) is 3.96. The van der Waals surface area contributed by atoms with Gasteiger partial charge in [0, 0.05) is 10.5 Å². The third-order valence-electron chi connectivity index (χ3n) is 2.72. The molecule has 1 aromatic carbocycles. The first-order valence-electron chi connectivity index (χ1n) is 5.74. The molecule has 0 radical (unpaired) electrons. The molecule has 8 heteroatoms. The molecule has 0 aliphatic heterocycles. The van der Waals surface area contributed by atoms with E-state index in [0.29, 0.717) is 10.7 Å². The van der Waals surface area contributed by atoms with Crippen LogP contribution >= 0.6 is 11.8 Å². The van der Waals surface area contributed by atoms with Crippen molar-refractivity contribution in [2.24, 2.45) is 10.9 Å². The summed E-state index contributed by atoms with van der Waals surface area (Å²) in [4.78, 5) is 1.10. The molecule has 0 fully saturated rings. The third kappa shape index (κ3) is 3.33. The number of benzene rings is 1. The van der Waals surface area contributed by atoms with Crippen LogP contribution in [0.25, 0.3) is 0 Å². The highest BCUT2D eigenvalue weighted by Gasteiger charge is 2.34. The number of halogens is 3. The van der Waals surface area contributed by atoms with Crippen molar-refractivity contribution in [3.8, 4) is 0 Å². The Hall–Kier alpha value is -2.09. The zero-order chi connectivity index (χ0) is 15.6. The Kier molecular flexibility index (Phi) is 4.17. The summed E-state index contributed by atoms with van der Waals surface area (Å²) in [6, 6.07) is 5.28. The Morgan fingerprint density at radius 2 is 2.05 bits per heavy atom. The Labute approximate surface area is 122 Å². The summed E-state index contributed by atoms with van der Waals surface area (Å²) in [6.45, 7) is 1.72. The van der Waals surface area contributed by atoms with Crippen LogP contribution in [0.5, 0.6) is 0 Å². The molecule has 0 aliphatic carbocycles. The smallest absolute Gasteiger partial charge is 0.417 e. The standard InChI is InChI=1S/C13H11F3N2O2S/c1-7-11(4-5-20-7)21-8-2-3-9(12(17)18-19)10(6-8)13(14,15)16/h2-6,19H,1H3,(H2,17,18). The molecule has 3 N–H and O–H groups in total. The van der Waals surface area contributed by atoms with Crippen molar-refractivity contribution in [1.82, 2.24) is 0 Å². The SMILES string of the molecule is Cc1occc1Sc1ccc(/C(N)=N/O)c(C(F)(F)F)c1. The van der Waals surface area contributed by atoms with Crippen LogP contribution in [-0.2, 0) is 6.18 Å². The second-order valence-electron chi connectivity index (χ2n) is 4.13. The molecule has 1 heterocycles. The first kappa shape index (κ1) is 15.3. The lowest BCUT2D eigenvalue weighted by Gasteiger charge is -2.13. The fourth-order valence-electron chi connectivity index (χ4n) is 1.70.